The smallest absolute Gasteiger partial charge is 0.119 e. The van der Waals surface area contributed by atoms with Crippen LogP contribution in [-0.4, -0.2) is 34.8 Å². The van der Waals surface area contributed by atoms with E-state index in [1.165, 1.54) is 27.8 Å². The summed E-state index contributed by atoms with van der Waals surface area (Å²) in [6, 6.07) is 16.9. The van der Waals surface area contributed by atoms with Crippen LogP contribution in [0.3, 0.4) is 0 Å². The fourth-order valence-electron chi connectivity index (χ4n) is 5.42. The third kappa shape index (κ3) is 5.47. The Hall–Kier alpha value is -2.04. The van der Waals surface area contributed by atoms with Crippen LogP contribution in [0.25, 0.3) is 0 Å². The molecule has 0 bridgehead atoms. The number of aryl methyl sites for hydroxylation is 2. The van der Waals surface area contributed by atoms with Gasteiger partial charge in [-0.15, -0.1) is 0 Å². The molecule has 0 saturated heterocycles. The number of rotatable bonds is 7. The first kappa shape index (κ1) is 23.1. The van der Waals surface area contributed by atoms with E-state index in [1.54, 1.807) is 7.11 Å². The fraction of sp³-hybridized carbons (Fsp3) is 0.500. The SMILES string of the molecule is [B][C@@]12CCCc3ccc(OC)cc3CCC(CCOCc3ccccc3)=C1CC(OC)C2. The molecule has 2 aliphatic carbocycles. The number of benzene rings is 2. The molecule has 0 spiro atoms. The highest BCUT2D eigenvalue weighted by atomic mass is 16.5. The summed E-state index contributed by atoms with van der Waals surface area (Å²) >= 11 is 0. The molecule has 32 heavy (non-hydrogen) atoms. The highest BCUT2D eigenvalue weighted by Crippen LogP contribution is 2.53. The molecule has 3 nitrogen and oxygen atoms in total. The molecular weight excluding hydrogens is 395 g/mol. The molecule has 4 heteroatoms. The molecule has 168 valence electrons. The molecule has 2 radical (unpaired) electrons. The maximum Gasteiger partial charge on any atom is 0.119 e. The van der Waals surface area contributed by atoms with E-state index in [9.17, 15) is 0 Å². The van der Waals surface area contributed by atoms with E-state index in [0.29, 0.717) is 13.2 Å². The van der Waals surface area contributed by atoms with Gasteiger partial charge in [0, 0.05) is 7.11 Å². The molecule has 0 aromatic heterocycles. The van der Waals surface area contributed by atoms with Gasteiger partial charge in [-0.05, 0) is 79.1 Å². The molecule has 2 atom stereocenters. The second kappa shape index (κ2) is 10.7. The monoisotopic (exact) mass is 430 g/mol. The standard InChI is InChI=1S/C28H35BO3/c1-30-25-13-12-22-9-6-15-28(29)19-26(31-2)18-27(28)23(10-11-24(22)17-25)14-16-32-20-21-7-4-3-5-8-21/h3-5,7-8,12-13,17,26H,6,9-11,14-16,18-20H2,1-2H3/t26?,28-/m1/s1. The Morgan fingerprint density at radius 1 is 1.00 bits per heavy atom. The van der Waals surface area contributed by atoms with Gasteiger partial charge < -0.3 is 14.2 Å². The van der Waals surface area contributed by atoms with Crippen LogP contribution in [0.1, 0.15) is 55.2 Å². The summed E-state index contributed by atoms with van der Waals surface area (Å²) in [5.41, 5.74) is 6.94. The van der Waals surface area contributed by atoms with E-state index >= 15 is 0 Å². The quantitative estimate of drug-likeness (QED) is 0.306. The normalized spacial score (nSPS) is 23.5. The summed E-state index contributed by atoms with van der Waals surface area (Å²) in [5, 5.41) is -0.251. The van der Waals surface area contributed by atoms with Gasteiger partial charge in [0.1, 0.15) is 5.75 Å². The van der Waals surface area contributed by atoms with Gasteiger partial charge in [0.2, 0.25) is 0 Å². The highest BCUT2D eigenvalue weighted by molar-refractivity contribution is 6.18. The van der Waals surface area contributed by atoms with Gasteiger partial charge in [-0.2, -0.15) is 0 Å². The molecule has 2 aromatic carbocycles. The average Bonchev–Trinajstić information content (AvgIpc) is 3.16. The van der Waals surface area contributed by atoms with Crippen LogP contribution in [0, 0.1) is 0 Å². The highest BCUT2D eigenvalue weighted by Gasteiger charge is 2.40. The summed E-state index contributed by atoms with van der Waals surface area (Å²) in [7, 11) is 10.6. The van der Waals surface area contributed by atoms with Crippen LogP contribution in [-0.2, 0) is 28.9 Å². The molecule has 1 fully saturated rings. The number of fused-ring (bicyclic) bond motifs is 2. The predicted octanol–water partition coefficient (Wildman–Crippen LogP) is 6.00. The van der Waals surface area contributed by atoms with Crippen molar-refractivity contribution < 1.29 is 14.2 Å². The van der Waals surface area contributed by atoms with Gasteiger partial charge in [0.05, 0.1) is 34.3 Å². The summed E-state index contributed by atoms with van der Waals surface area (Å²) in [4.78, 5) is 0. The Bertz CT molecular complexity index is 924. The van der Waals surface area contributed by atoms with Crippen molar-refractivity contribution in [3.8, 4) is 5.75 Å². The topological polar surface area (TPSA) is 27.7 Å². The van der Waals surface area contributed by atoms with Gasteiger partial charge in [-0.1, -0.05) is 54.0 Å². The average molecular weight is 430 g/mol. The molecule has 2 aromatic rings. The lowest BCUT2D eigenvalue weighted by atomic mass is 9.60. The van der Waals surface area contributed by atoms with E-state index < -0.39 is 0 Å². The Morgan fingerprint density at radius 3 is 2.62 bits per heavy atom. The molecule has 4 rings (SSSR count). The first-order chi connectivity index (χ1) is 15.6. The lowest BCUT2D eigenvalue weighted by molar-refractivity contribution is 0.107. The van der Waals surface area contributed by atoms with Crippen LogP contribution >= 0.6 is 0 Å². The lowest BCUT2D eigenvalue weighted by Crippen LogP contribution is -2.16. The third-order valence-corrected chi connectivity index (χ3v) is 7.22. The summed E-state index contributed by atoms with van der Waals surface area (Å²) in [6.07, 6.45) is 8.20. The van der Waals surface area contributed by atoms with Crippen LogP contribution < -0.4 is 4.74 Å². The molecule has 1 unspecified atom stereocenters. The predicted molar refractivity (Wildman–Crippen MR) is 130 cm³/mol. The number of methoxy groups -OCH3 is 2. The van der Waals surface area contributed by atoms with Crippen molar-refractivity contribution in [2.24, 2.45) is 0 Å². The van der Waals surface area contributed by atoms with Crippen molar-refractivity contribution in [3.63, 3.8) is 0 Å². The zero-order valence-electron chi connectivity index (χ0n) is 19.6. The van der Waals surface area contributed by atoms with E-state index in [2.05, 4.69) is 42.5 Å². The van der Waals surface area contributed by atoms with Gasteiger partial charge in [0.15, 0.2) is 0 Å². The molecule has 2 aliphatic rings. The zero-order valence-corrected chi connectivity index (χ0v) is 19.6. The van der Waals surface area contributed by atoms with Crippen molar-refractivity contribution in [2.75, 3.05) is 20.8 Å². The second-order valence-electron chi connectivity index (χ2n) is 9.28. The van der Waals surface area contributed by atoms with Crippen molar-refractivity contribution in [1.82, 2.24) is 0 Å². The first-order valence-electron chi connectivity index (χ1n) is 11.9. The summed E-state index contributed by atoms with van der Waals surface area (Å²) < 4.78 is 17.3. The molecule has 1 saturated carbocycles. The van der Waals surface area contributed by atoms with E-state index in [-0.39, 0.29) is 11.4 Å². The summed E-state index contributed by atoms with van der Waals surface area (Å²) in [6.45, 7) is 1.37. The minimum atomic E-state index is -0.251. The maximum absolute atomic E-state index is 7.07. The van der Waals surface area contributed by atoms with Gasteiger partial charge in [0.25, 0.3) is 0 Å². The van der Waals surface area contributed by atoms with Crippen molar-refractivity contribution in [1.29, 1.82) is 0 Å². The van der Waals surface area contributed by atoms with Crippen LogP contribution in [0.5, 0.6) is 5.75 Å². The van der Waals surface area contributed by atoms with Crippen LogP contribution in [0.4, 0.5) is 0 Å². The van der Waals surface area contributed by atoms with Gasteiger partial charge in [-0.25, -0.2) is 0 Å². The Balaban J connectivity index is 1.54. The van der Waals surface area contributed by atoms with E-state index in [4.69, 9.17) is 22.1 Å². The number of hydrogen-bond acceptors (Lipinski definition) is 3. The lowest BCUT2D eigenvalue weighted by Gasteiger charge is -2.31. The molecule has 0 amide bonds. The van der Waals surface area contributed by atoms with Crippen molar-refractivity contribution >= 4 is 7.85 Å². The minimum absolute atomic E-state index is 0.221. The molecule has 0 N–H and O–H groups in total. The number of ether oxygens (including phenoxy) is 3. The third-order valence-electron chi connectivity index (χ3n) is 7.22. The second-order valence-corrected chi connectivity index (χ2v) is 9.28. The van der Waals surface area contributed by atoms with Crippen molar-refractivity contribution in [3.05, 3.63) is 76.4 Å². The Kier molecular flexibility index (Phi) is 7.75. The minimum Gasteiger partial charge on any atom is -0.497 e. The Labute approximate surface area is 194 Å². The van der Waals surface area contributed by atoms with Crippen LogP contribution in [0.15, 0.2) is 59.7 Å². The summed E-state index contributed by atoms with van der Waals surface area (Å²) in [5.74, 6) is 0.940. The molecular formula is C28H35BO3. The fourth-order valence-corrected chi connectivity index (χ4v) is 5.42. The van der Waals surface area contributed by atoms with Gasteiger partial charge in [-0.3, -0.25) is 0 Å². The zero-order chi connectivity index (χ0) is 22.4. The van der Waals surface area contributed by atoms with E-state index in [0.717, 1.165) is 57.1 Å². The molecule has 0 heterocycles. The first-order valence-corrected chi connectivity index (χ1v) is 11.9. The maximum atomic E-state index is 7.07. The molecule has 0 aliphatic heterocycles. The largest absolute Gasteiger partial charge is 0.497 e. The number of hydrogen-bond donors (Lipinski definition) is 0. The van der Waals surface area contributed by atoms with Crippen molar-refractivity contribution in [2.45, 2.75) is 69.4 Å². The van der Waals surface area contributed by atoms with E-state index in [1.807, 2.05) is 13.2 Å². The van der Waals surface area contributed by atoms with Gasteiger partial charge >= 0.3 is 0 Å². The Morgan fingerprint density at radius 2 is 1.84 bits per heavy atom. The van der Waals surface area contributed by atoms with Crippen LogP contribution in [0.2, 0.25) is 5.31 Å².